The van der Waals surface area contributed by atoms with Gasteiger partial charge >= 0.3 is 5.97 Å². The van der Waals surface area contributed by atoms with Crippen LogP contribution in [-0.2, 0) is 4.79 Å². The molecule has 94 valence electrons. The molecule has 0 aromatic carbocycles. The van der Waals surface area contributed by atoms with Crippen LogP contribution in [0.15, 0.2) is 22.1 Å². The molecule has 0 radical (unpaired) electrons. The monoisotopic (exact) mass is 256 g/mol. The third-order valence-electron chi connectivity index (χ3n) is 3.07. The van der Waals surface area contributed by atoms with Gasteiger partial charge in [0.1, 0.15) is 11.8 Å². The first-order valence-corrected chi connectivity index (χ1v) is 6.59. The Labute approximate surface area is 104 Å². The van der Waals surface area contributed by atoms with Gasteiger partial charge in [-0.05, 0) is 25.8 Å². The molecule has 2 unspecified atom stereocenters. The number of carbonyl (C=O) groups is 1. The van der Waals surface area contributed by atoms with E-state index in [1.165, 1.54) is 18.0 Å². The second-order valence-corrected chi connectivity index (χ2v) is 5.45. The third-order valence-corrected chi connectivity index (χ3v) is 4.21. The highest BCUT2D eigenvalue weighted by Crippen LogP contribution is 2.39. The molecular formula is C11H16N2O3S. The van der Waals surface area contributed by atoms with Crippen molar-refractivity contribution in [2.24, 2.45) is 0 Å². The second kappa shape index (κ2) is 5.10. The number of rotatable bonds is 5. The molecule has 1 aliphatic carbocycles. The molecule has 1 saturated carbocycles. The van der Waals surface area contributed by atoms with Crippen LogP contribution in [-0.4, -0.2) is 33.4 Å². The summed E-state index contributed by atoms with van der Waals surface area (Å²) in [5.74, 6) is -0.755. The molecule has 2 rings (SSSR count). The molecule has 1 aliphatic rings. The molecule has 1 heterocycles. The lowest BCUT2D eigenvalue weighted by Gasteiger charge is -2.25. The maximum atomic E-state index is 11.4. The van der Waals surface area contributed by atoms with E-state index in [-0.39, 0.29) is 5.25 Å². The zero-order valence-electron chi connectivity index (χ0n) is 9.68. The predicted molar refractivity (Wildman–Crippen MR) is 64.0 cm³/mol. The van der Waals surface area contributed by atoms with Gasteiger partial charge in [0.2, 0.25) is 0 Å². The van der Waals surface area contributed by atoms with Crippen LogP contribution in [0.5, 0.6) is 0 Å². The summed E-state index contributed by atoms with van der Waals surface area (Å²) in [4.78, 5) is 15.4. The SMILES string of the molecule is CCNC1(C(=O)O)CCC(Sc2ncco2)C1. The predicted octanol–water partition coefficient (Wildman–Crippen LogP) is 1.75. The molecular weight excluding hydrogens is 240 g/mol. The average Bonchev–Trinajstić information content (AvgIpc) is 2.90. The van der Waals surface area contributed by atoms with Gasteiger partial charge < -0.3 is 14.8 Å². The van der Waals surface area contributed by atoms with Gasteiger partial charge in [0, 0.05) is 5.25 Å². The van der Waals surface area contributed by atoms with Crippen molar-refractivity contribution in [3.63, 3.8) is 0 Å². The van der Waals surface area contributed by atoms with Crippen molar-refractivity contribution in [1.29, 1.82) is 0 Å². The second-order valence-electron chi connectivity index (χ2n) is 4.20. The van der Waals surface area contributed by atoms with Crippen LogP contribution in [0.2, 0.25) is 0 Å². The molecule has 2 N–H and O–H groups in total. The molecule has 0 spiro atoms. The van der Waals surface area contributed by atoms with Crippen molar-refractivity contribution in [1.82, 2.24) is 10.3 Å². The van der Waals surface area contributed by atoms with E-state index >= 15 is 0 Å². The standard InChI is InChI=1S/C11H16N2O3S/c1-2-13-11(9(14)15)4-3-8(7-11)17-10-12-5-6-16-10/h5-6,8,13H,2-4,7H2,1H3,(H,14,15). The van der Waals surface area contributed by atoms with Crippen LogP contribution < -0.4 is 5.32 Å². The van der Waals surface area contributed by atoms with Crippen LogP contribution in [0, 0.1) is 0 Å². The highest BCUT2D eigenvalue weighted by atomic mass is 32.2. The smallest absolute Gasteiger partial charge is 0.323 e. The fourth-order valence-corrected chi connectivity index (χ4v) is 3.40. The fourth-order valence-electron chi connectivity index (χ4n) is 2.28. The van der Waals surface area contributed by atoms with E-state index in [4.69, 9.17) is 4.42 Å². The third kappa shape index (κ3) is 2.63. The first kappa shape index (κ1) is 12.4. The van der Waals surface area contributed by atoms with Gasteiger partial charge in [-0.3, -0.25) is 4.79 Å². The Balaban J connectivity index is 1.99. The van der Waals surface area contributed by atoms with Crippen LogP contribution in [0.25, 0.3) is 0 Å². The summed E-state index contributed by atoms with van der Waals surface area (Å²) in [6.45, 7) is 2.60. The lowest BCUT2D eigenvalue weighted by Crippen LogP contribution is -2.50. The van der Waals surface area contributed by atoms with Gasteiger partial charge in [-0.2, -0.15) is 0 Å². The molecule has 5 nitrogen and oxygen atoms in total. The Morgan fingerprint density at radius 2 is 2.65 bits per heavy atom. The fraction of sp³-hybridized carbons (Fsp3) is 0.636. The molecule has 6 heteroatoms. The highest BCUT2D eigenvalue weighted by Gasteiger charge is 2.45. The minimum absolute atomic E-state index is 0.254. The lowest BCUT2D eigenvalue weighted by molar-refractivity contribution is -0.144. The number of aromatic nitrogens is 1. The normalized spacial score (nSPS) is 28.4. The van der Waals surface area contributed by atoms with E-state index in [1.54, 1.807) is 6.20 Å². The number of hydrogen-bond donors (Lipinski definition) is 2. The quantitative estimate of drug-likeness (QED) is 0.836. The molecule has 0 amide bonds. The Morgan fingerprint density at radius 1 is 1.82 bits per heavy atom. The summed E-state index contributed by atoms with van der Waals surface area (Å²) in [7, 11) is 0. The van der Waals surface area contributed by atoms with Gasteiger partial charge in [-0.25, -0.2) is 4.98 Å². The molecule has 0 saturated heterocycles. The number of carboxylic acids is 1. The Morgan fingerprint density at radius 3 is 3.24 bits per heavy atom. The van der Waals surface area contributed by atoms with Crippen LogP contribution in [0.1, 0.15) is 26.2 Å². The molecule has 1 aromatic heterocycles. The van der Waals surface area contributed by atoms with Crippen molar-refractivity contribution < 1.29 is 14.3 Å². The van der Waals surface area contributed by atoms with Crippen molar-refractivity contribution >= 4 is 17.7 Å². The van der Waals surface area contributed by atoms with E-state index in [9.17, 15) is 9.90 Å². The number of hydrogen-bond acceptors (Lipinski definition) is 5. The molecule has 1 fully saturated rings. The largest absolute Gasteiger partial charge is 0.480 e. The molecule has 17 heavy (non-hydrogen) atoms. The maximum Gasteiger partial charge on any atom is 0.323 e. The van der Waals surface area contributed by atoms with Crippen LogP contribution >= 0.6 is 11.8 Å². The van der Waals surface area contributed by atoms with Gasteiger partial charge in [0.15, 0.2) is 0 Å². The first-order valence-electron chi connectivity index (χ1n) is 5.71. The van der Waals surface area contributed by atoms with Gasteiger partial charge in [0.05, 0.1) is 6.20 Å². The maximum absolute atomic E-state index is 11.4. The van der Waals surface area contributed by atoms with Gasteiger partial charge in [-0.15, -0.1) is 0 Å². The van der Waals surface area contributed by atoms with Crippen molar-refractivity contribution in [2.45, 2.75) is 42.2 Å². The highest BCUT2D eigenvalue weighted by molar-refractivity contribution is 7.99. The van der Waals surface area contributed by atoms with E-state index in [0.717, 1.165) is 6.42 Å². The van der Waals surface area contributed by atoms with Crippen LogP contribution in [0.4, 0.5) is 0 Å². The van der Waals surface area contributed by atoms with E-state index in [0.29, 0.717) is 24.6 Å². The van der Waals surface area contributed by atoms with E-state index < -0.39 is 11.5 Å². The summed E-state index contributed by atoms with van der Waals surface area (Å²) in [6, 6.07) is 0. The van der Waals surface area contributed by atoms with Gasteiger partial charge in [-0.1, -0.05) is 18.7 Å². The molecule has 0 bridgehead atoms. The number of carboxylic acid groups (broad SMARTS) is 1. The van der Waals surface area contributed by atoms with Crippen molar-refractivity contribution in [3.05, 3.63) is 12.5 Å². The minimum atomic E-state index is -0.765. The lowest BCUT2D eigenvalue weighted by atomic mass is 9.98. The average molecular weight is 256 g/mol. The number of nitrogens with one attached hydrogen (secondary N) is 1. The molecule has 2 atom stereocenters. The topological polar surface area (TPSA) is 75.4 Å². The Kier molecular flexibility index (Phi) is 3.73. The number of thioether (sulfide) groups is 1. The van der Waals surface area contributed by atoms with Crippen molar-refractivity contribution in [3.8, 4) is 0 Å². The number of nitrogens with zero attached hydrogens (tertiary/aromatic N) is 1. The number of oxazole rings is 1. The molecule has 1 aromatic rings. The summed E-state index contributed by atoms with van der Waals surface area (Å²) < 4.78 is 5.17. The van der Waals surface area contributed by atoms with E-state index in [2.05, 4.69) is 10.3 Å². The van der Waals surface area contributed by atoms with Crippen molar-refractivity contribution in [2.75, 3.05) is 6.54 Å². The van der Waals surface area contributed by atoms with E-state index in [1.807, 2.05) is 6.92 Å². The number of likely N-dealkylation sites (N-methyl/N-ethyl adjacent to an activating group) is 1. The summed E-state index contributed by atoms with van der Waals surface area (Å²) >= 11 is 1.52. The first-order chi connectivity index (χ1) is 8.16. The van der Waals surface area contributed by atoms with Gasteiger partial charge in [0.25, 0.3) is 5.22 Å². The molecule has 0 aliphatic heterocycles. The zero-order chi connectivity index (χ0) is 12.3. The zero-order valence-corrected chi connectivity index (χ0v) is 10.5. The summed E-state index contributed by atoms with van der Waals surface area (Å²) in [6.07, 6.45) is 5.28. The minimum Gasteiger partial charge on any atom is -0.480 e. The summed E-state index contributed by atoms with van der Waals surface area (Å²) in [5.41, 5.74) is -0.765. The van der Waals surface area contributed by atoms with Crippen LogP contribution in [0.3, 0.4) is 0 Å². The summed E-state index contributed by atoms with van der Waals surface area (Å²) in [5, 5.41) is 13.3. The Bertz CT molecular complexity index is 382. The Hall–Kier alpha value is -1.01. The number of aliphatic carboxylic acids is 1.